The second kappa shape index (κ2) is 10.4. The molecule has 4 rings (SSSR count). The third kappa shape index (κ3) is 6.10. The van der Waals surface area contributed by atoms with Crippen LogP contribution in [0.5, 0.6) is 11.5 Å². The molecule has 2 saturated carbocycles. The Hall–Kier alpha value is -2.57. The van der Waals surface area contributed by atoms with Crippen molar-refractivity contribution in [1.29, 1.82) is 0 Å². The summed E-state index contributed by atoms with van der Waals surface area (Å²) in [5.41, 5.74) is 0.887. The van der Waals surface area contributed by atoms with Crippen molar-refractivity contribution in [2.45, 2.75) is 68.0 Å². The number of ketones is 1. The molecule has 0 N–H and O–H groups in total. The lowest BCUT2D eigenvalue weighted by molar-refractivity contribution is -0.120. The minimum atomic E-state index is -3.33. The molecule has 34 heavy (non-hydrogen) atoms. The molecule has 0 amide bonds. The van der Waals surface area contributed by atoms with Gasteiger partial charge in [-0.3, -0.25) is 4.79 Å². The number of Topliss-reactive ketones (excluding diaryl/α,β-unsaturated/α-hetero) is 1. The first-order valence-electron chi connectivity index (χ1n) is 11.4. The molecule has 1 aromatic carbocycles. The molecular formula is C25H28N2O5S2. The van der Waals surface area contributed by atoms with Crippen molar-refractivity contribution in [3.8, 4) is 23.3 Å². The Morgan fingerprint density at radius 1 is 1.12 bits per heavy atom. The SMILES string of the molecule is COc1ccc(C2(C#Cc3ccnc(SS(C)(=O)=O)n3)CCC(=O)CC2)cc1OC1CCCC1. The number of carbonyl (C=O) groups excluding carboxylic acids is 1. The number of carbonyl (C=O) groups is 1. The van der Waals surface area contributed by atoms with Crippen LogP contribution in [0.15, 0.2) is 35.6 Å². The summed E-state index contributed by atoms with van der Waals surface area (Å²) in [6.07, 6.45) is 9.33. The van der Waals surface area contributed by atoms with Gasteiger partial charge in [-0.05, 0) is 68.2 Å². The van der Waals surface area contributed by atoms with E-state index in [0.29, 0.717) is 53.7 Å². The van der Waals surface area contributed by atoms with Crippen LogP contribution in [0.25, 0.3) is 0 Å². The van der Waals surface area contributed by atoms with E-state index in [-0.39, 0.29) is 17.0 Å². The Morgan fingerprint density at radius 3 is 2.53 bits per heavy atom. The first-order chi connectivity index (χ1) is 16.3. The van der Waals surface area contributed by atoms with E-state index in [1.165, 1.54) is 19.0 Å². The largest absolute Gasteiger partial charge is 0.493 e. The molecule has 9 heteroatoms. The highest BCUT2D eigenvalue weighted by molar-refractivity contribution is 8.71. The molecule has 0 bridgehead atoms. The Bertz CT molecular complexity index is 1220. The quantitative estimate of drug-likeness (QED) is 0.329. The van der Waals surface area contributed by atoms with Gasteiger partial charge in [0.05, 0.1) is 18.6 Å². The highest BCUT2D eigenvalue weighted by Crippen LogP contribution is 2.42. The fraction of sp³-hybridized carbons (Fsp3) is 0.480. The predicted molar refractivity (Wildman–Crippen MR) is 131 cm³/mol. The van der Waals surface area contributed by atoms with E-state index in [2.05, 4.69) is 21.8 Å². The molecule has 0 radical (unpaired) electrons. The maximum Gasteiger partial charge on any atom is 0.206 e. The number of ether oxygens (including phenoxy) is 2. The van der Waals surface area contributed by atoms with Crippen LogP contribution in [0.4, 0.5) is 0 Å². The van der Waals surface area contributed by atoms with E-state index >= 15 is 0 Å². The molecule has 2 aromatic rings. The third-order valence-corrected chi connectivity index (χ3v) is 8.27. The topological polar surface area (TPSA) is 95.5 Å². The standard InChI is InChI=1S/C25H28N2O5S2/c1-31-22-8-7-18(17-23(22)32-21-5-3-4-6-21)25(14-10-20(28)11-15-25)13-9-19-12-16-26-24(27-19)33-34(2,29)30/h7-8,12,16-17,21H,3-6,10-11,14-15H2,1-2H3. The summed E-state index contributed by atoms with van der Waals surface area (Å²) in [7, 11) is -1.10. The highest BCUT2D eigenvalue weighted by Gasteiger charge is 2.36. The summed E-state index contributed by atoms with van der Waals surface area (Å²) in [6, 6.07) is 7.57. The number of aromatic nitrogens is 2. The van der Waals surface area contributed by atoms with Crippen molar-refractivity contribution in [2.24, 2.45) is 0 Å². The van der Waals surface area contributed by atoms with Crippen molar-refractivity contribution in [1.82, 2.24) is 9.97 Å². The lowest BCUT2D eigenvalue weighted by Crippen LogP contribution is -2.30. The van der Waals surface area contributed by atoms with E-state index in [0.717, 1.165) is 24.7 Å². The van der Waals surface area contributed by atoms with Crippen LogP contribution >= 0.6 is 10.8 Å². The van der Waals surface area contributed by atoms with Gasteiger partial charge < -0.3 is 9.47 Å². The fourth-order valence-corrected chi connectivity index (χ4v) is 6.03. The Labute approximate surface area is 204 Å². The molecule has 7 nitrogen and oxygen atoms in total. The first-order valence-corrected chi connectivity index (χ1v) is 14.6. The average molecular weight is 501 g/mol. The molecule has 1 aromatic heterocycles. The Kier molecular flexibility index (Phi) is 7.48. The van der Waals surface area contributed by atoms with Gasteiger partial charge in [0, 0.05) is 36.1 Å². The Morgan fingerprint density at radius 2 is 1.85 bits per heavy atom. The van der Waals surface area contributed by atoms with Gasteiger partial charge in [0.2, 0.25) is 14.0 Å². The summed E-state index contributed by atoms with van der Waals surface area (Å²) in [4.78, 5) is 20.4. The molecule has 0 unspecified atom stereocenters. The zero-order valence-electron chi connectivity index (χ0n) is 19.4. The Balaban J connectivity index is 1.69. The van der Waals surface area contributed by atoms with Gasteiger partial charge in [0.1, 0.15) is 11.5 Å². The van der Waals surface area contributed by atoms with Crippen LogP contribution in [0.3, 0.4) is 0 Å². The van der Waals surface area contributed by atoms with Crippen molar-refractivity contribution in [3.05, 3.63) is 41.7 Å². The normalized spacial score (nSPS) is 18.2. The lowest BCUT2D eigenvalue weighted by atomic mass is 9.69. The second-order valence-corrected chi connectivity index (χ2v) is 13.0. The number of hydrogen-bond acceptors (Lipinski definition) is 8. The molecule has 0 saturated heterocycles. The van der Waals surface area contributed by atoms with Crippen LogP contribution in [-0.2, 0) is 19.1 Å². The number of benzene rings is 1. The van der Waals surface area contributed by atoms with Crippen LogP contribution in [-0.4, -0.2) is 43.6 Å². The average Bonchev–Trinajstić information content (AvgIpc) is 3.31. The van der Waals surface area contributed by atoms with Gasteiger partial charge in [0.25, 0.3) is 0 Å². The maximum atomic E-state index is 12.1. The highest BCUT2D eigenvalue weighted by atomic mass is 33.1. The van der Waals surface area contributed by atoms with Crippen LogP contribution in [0, 0.1) is 11.8 Å². The molecule has 2 fully saturated rings. The summed E-state index contributed by atoms with van der Waals surface area (Å²) in [5.74, 6) is 8.14. The maximum absolute atomic E-state index is 12.1. The molecule has 180 valence electrons. The van der Waals surface area contributed by atoms with Gasteiger partial charge in [0.15, 0.2) is 11.5 Å². The van der Waals surface area contributed by atoms with Gasteiger partial charge in [-0.25, -0.2) is 18.4 Å². The van der Waals surface area contributed by atoms with Crippen molar-refractivity contribution >= 4 is 25.4 Å². The molecule has 2 aliphatic rings. The van der Waals surface area contributed by atoms with Gasteiger partial charge in [-0.1, -0.05) is 12.0 Å². The molecule has 0 aliphatic heterocycles. The van der Waals surface area contributed by atoms with Crippen LogP contribution in [0.1, 0.15) is 62.6 Å². The minimum Gasteiger partial charge on any atom is -0.493 e. The van der Waals surface area contributed by atoms with Crippen molar-refractivity contribution in [2.75, 3.05) is 13.4 Å². The molecule has 0 atom stereocenters. The van der Waals surface area contributed by atoms with Crippen molar-refractivity contribution < 1.29 is 22.7 Å². The number of nitrogens with zero attached hydrogens (tertiary/aromatic N) is 2. The van der Waals surface area contributed by atoms with Crippen molar-refractivity contribution in [3.63, 3.8) is 0 Å². The number of rotatable bonds is 6. The van der Waals surface area contributed by atoms with Crippen LogP contribution < -0.4 is 9.47 Å². The minimum absolute atomic E-state index is 0.138. The molecule has 1 heterocycles. The zero-order valence-corrected chi connectivity index (χ0v) is 21.0. The van der Waals surface area contributed by atoms with Gasteiger partial charge in [-0.15, -0.1) is 0 Å². The zero-order chi connectivity index (χ0) is 24.2. The third-order valence-electron chi connectivity index (χ3n) is 6.26. The number of methoxy groups -OCH3 is 1. The van der Waals surface area contributed by atoms with E-state index < -0.39 is 14.3 Å². The second-order valence-electron chi connectivity index (χ2n) is 8.77. The van der Waals surface area contributed by atoms with E-state index in [1.807, 2.05) is 18.2 Å². The molecule has 2 aliphatic carbocycles. The summed E-state index contributed by atoms with van der Waals surface area (Å²) in [5, 5.41) is 0.138. The monoisotopic (exact) mass is 500 g/mol. The molecule has 0 spiro atoms. The van der Waals surface area contributed by atoms with E-state index in [4.69, 9.17) is 9.47 Å². The summed E-state index contributed by atoms with van der Waals surface area (Å²) in [6.45, 7) is 0. The van der Waals surface area contributed by atoms with E-state index in [9.17, 15) is 13.2 Å². The smallest absolute Gasteiger partial charge is 0.206 e. The number of hydrogen-bond donors (Lipinski definition) is 0. The first kappa shape index (κ1) is 24.6. The van der Waals surface area contributed by atoms with E-state index in [1.54, 1.807) is 13.2 Å². The van der Waals surface area contributed by atoms with Gasteiger partial charge in [-0.2, -0.15) is 0 Å². The summed E-state index contributed by atoms with van der Waals surface area (Å²) >= 11 is 0. The molecular weight excluding hydrogens is 472 g/mol. The van der Waals surface area contributed by atoms with Gasteiger partial charge >= 0.3 is 0 Å². The van der Waals surface area contributed by atoms with Crippen LogP contribution in [0.2, 0.25) is 0 Å². The fourth-order valence-electron chi connectivity index (χ4n) is 4.46. The predicted octanol–water partition coefficient (Wildman–Crippen LogP) is 4.29. The summed E-state index contributed by atoms with van der Waals surface area (Å²) < 4.78 is 35.0. The lowest BCUT2D eigenvalue weighted by Gasteiger charge is -2.33.